The lowest BCUT2D eigenvalue weighted by Crippen LogP contribution is -2.30. The van der Waals surface area contributed by atoms with Gasteiger partial charge in [0.2, 0.25) is 0 Å². The number of furan rings is 1. The molecule has 2 N–H and O–H groups in total. The van der Waals surface area contributed by atoms with Crippen molar-refractivity contribution in [3.8, 4) is 11.5 Å². The monoisotopic (exact) mass is 290 g/mol. The van der Waals surface area contributed by atoms with Crippen molar-refractivity contribution in [2.75, 3.05) is 26.1 Å². The van der Waals surface area contributed by atoms with Gasteiger partial charge in [0.1, 0.15) is 11.5 Å². The number of hydrogen-bond acceptors (Lipinski definition) is 4. The lowest BCUT2D eigenvalue weighted by atomic mass is 10.2. The van der Waals surface area contributed by atoms with E-state index in [9.17, 15) is 4.79 Å². The molecule has 21 heavy (non-hydrogen) atoms. The van der Waals surface area contributed by atoms with Crippen LogP contribution in [-0.2, 0) is 6.42 Å². The molecule has 0 atom stereocenters. The highest BCUT2D eigenvalue weighted by Gasteiger charge is 2.08. The summed E-state index contributed by atoms with van der Waals surface area (Å²) in [4.78, 5) is 11.8. The minimum absolute atomic E-state index is 0.290. The highest BCUT2D eigenvalue weighted by molar-refractivity contribution is 5.91. The van der Waals surface area contributed by atoms with Crippen molar-refractivity contribution < 1.29 is 18.7 Å². The van der Waals surface area contributed by atoms with Gasteiger partial charge in [-0.1, -0.05) is 0 Å². The van der Waals surface area contributed by atoms with Crippen molar-refractivity contribution in [3.05, 3.63) is 42.4 Å². The summed E-state index contributed by atoms with van der Waals surface area (Å²) in [5, 5.41) is 5.51. The Balaban J connectivity index is 1.87. The first-order valence-electron chi connectivity index (χ1n) is 6.51. The Morgan fingerprint density at radius 3 is 2.76 bits per heavy atom. The number of hydrogen-bond donors (Lipinski definition) is 2. The van der Waals surface area contributed by atoms with Crippen LogP contribution >= 0.6 is 0 Å². The molecule has 0 aliphatic heterocycles. The predicted molar refractivity (Wildman–Crippen MR) is 79.0 cm³/mol. The first kappa shape index (κ1) is 14.8. The fourth-order valence-corrected chi connectivity index (χ4v) is 1.82. The number of amides is 2. The largest absolute Gasteiger partial charge is 0.497 e. The van der Waals surface area contributed by atoms with Gasteiger partial charge in [-0.25, -0.2) is 4.79 Å². The second kappa shape index (κ2) is 7.23. The van der Waals surface area contributed by atoms with E-state index in [1.807, 2.05) is 6.07 Å². The van der Waals surface area contributed by atoms with Gasteiger partial charge in [0.15, 0.2) is 0 Å². The Bertz CT molecular complexity index is 581. The van der Waals surface area contributed by atoms with E-state index in [0.717, 1.165) is 5.56 Å². The molecule has 0 spiro atoms. The summed E-state index contributed by atoms with van der Waals surface area (Å²) in [5.41, 5.74) is 1.62. The Morgan fingerprint density at radius 2 is 2.10 bits per heavy atom. The molecule has 0 saturated carbocycles. The fraction of sp³-hybridized carbons (Fsp3) is 0.267. The summed E-state index contributed by atoms with van der Waals surface area (Å²) in [6.07, 6.45) is 3.98. The van der Waals surface area contributed by atoms with Crippen LogP contribution in [0.25, 0.3) is 0 Å². The number of rotatable bonds is 6. The number of carbonyl (C=O) groups is 1. The third-order valence-electron chi connectivity index (χ3n) is 2.94. The molecule has 6 heteroatoms. The molecule has 1 heterocycles. The second-order valence-corrected chi connectivity index (χ2v) is 4.33. The second-order valence-electron chi connectivity index (χ2n) is 4.33. The van der Waals surface area contributed by atoms with Crippen molar-refractivity contribution >= 4 is 11.7 Å². The van der Waals surface area contributed by atoms with E-state index in [1.54, 1.807) is 37.8 Å². The van der Waals surface area contributed by atoms with Gasteiger partial charge in [0.05, 0.1) is 32.4 Å². The summed E-state index contributed by atoms with van der Waals surface area (Å²) >= 11 is 0. The molecule has 0 radical (unpaired) electrons. The summed E-state index contributed by atoms with van der Waals surface area (Å²) in [6, 6.07) is 6.77. The molecule has 2 aromatic rings. The van der Waals surface area contributed by atoms with Crippen LogP contribution < -0.4 is 20.1 Å². The Morgan fingerprint density at radius 1 is 1.24 bits per heavy atom. The minimum Gasteiger partial charge on any atom is -0.497 e. The Kier molecular flexibility index (Phi) is 5.09. The van der Waals surface area contributed by atoms with Crippen LogP contribution in [0.2, 0.25) is 0 Å². The van der Waals surface area contributed by atoms with Crippen LogP contribution in [0.5, 0.6) is 11.5 Å². The summed E-state index contributed by atoms with van der Waals surface area (Å²) in [7, 11) is 3.11. The maximum atomic E-state index is 11.8. The lowest BCUT2D eigenvalue weighted by molar-refractivity contribution is 0.252. The molecule has 0 fully saturated rings. The quantitative estimate of drug-likeness (QED) is 0.858. The van der Waals surface area contributed by atoms with E-state index in [0.29, 0.717) is 30.2 Å². The lowest BCUT2D eigenvalue weighted by Gasteiger charge is -2.12. The molecule has 0 saturated heterocycles. The van der Waals surface area contributed by atoms with Crippen molar-refractivity contribution in [1.82, 2.24) is 5.32 Å². The van der Waals surface area contributed by atoms with Gasteiger partial charge >= 0.3 is 6.03 Å². The molecular formula is C15H18N2O4. The Hall–Kier alpha value is -2.63. The van der Waals surface area contributed by atoms with Crippen LogP contribution in [0.4, 0.5) is 10.5 Å². The van der Waals surface area contributed by atoms with Crippen LogP contribution in [0, 0.1) is 0 Å². The molecule has 2 rings (SSSR count). The van der Waals surface area contributed by atoms with Gasteiger partial charge in [0.25, 0.3) is 0 Å². The van der Waals surface area contributed by atoms with Crippen molar-refractivity contribution in [2.24, 2.45) is 0 Å². The molecule has 112 valence electrons. The van der Waals surface area contributed by atoms with Gasteiger partial charge in [-0.05, 0) is 30.2 Å². The van der Waals surface area contributed by atoms with E-state index in [4.69, 9.17) is 13.9 Å². The number of methoxy groups -OCH3 is 2. The van der Waals surface area contributed by atoms with Crippen LogP contribution in [0.1, 0.15) is 5.56 Å². The van der Waals surface area contributed by atoms with Gasteiger partial charge < -0.3 is 24.5 Å². The summed E-state index contributed by atoms with van der Waals surface area (Å²) < 4.78 is 15.3. The highest BCUT2D eigenvalue weighted by Crippen LogP contribution is 2.28. The normalized spacial score (nSPS) is 10.0. The van der Waals surface area contributed by atoms with E-state index < -0.39 is 0 Å². The Labute approximate surface area is 123 Å². The zero-order valence-corrected chi connectivity index (χ0v) is 12.0. The van der Waals surface area contributed by atoms with Crippen molar-refractivity contribution in [2.45, 2.75) is 6.42 Å². The molecule has 0 aliphatic carbocycles. The zero-order chi connectivity index (χ0) is 15.1. The van der Waals surface area contributed by atoms with Crippen LogP contribution in [0.3, 0.4) is 0 Å². The van der Waals surface area contributed by atoms with Crippen LogP contribution in [-0.4, -0.2) is 26.8 Å². The number of ether oxygens (including phenoxy) is 2. The van der Waals surface area contributed by atoms with Crippen molar-refractivity contribution in [3.63, 3.8) is 0 Å². The summed E-state index contributed by atoms with van der Waals surface area (Å²) in [5.74, 6) is 1.21. The maximum Gasteiger partial charge on any atom is 0.319 e. The topological polar surface area (TPSA) is 72.7 Å². The number of nitrogens with one attached hydrogen (secondary N) is 2. The average molecular weight is 290 g/mol. The first-order valence-corrected chi connectivity index (χ1v) is 6.51. The summed E-state index contributed by atoms with van der Waals surface area (Å²) in [6.45, 7) is 0.518. The number of benzene rings is 1. The van der Waals surface area contributed by atoms with Crippen molar-refractivity contribution in [1.29, 1.82) is 0 Å². The van der Waals surface area contributed by atoms with Gasteiger partial charge in [0, 0.05) is 12.6 Å². The molecule has 0 bridgehead atoms. The highest BCUT2D eigenvalue weighted by atomic mass is 16.5. The first-order chi connectivity index (χ1) is 10.2. The number of urea groups is 1. The average Bonchev–Trinajstić information content (AvgIpc) is 3.01. The molecule has 2 amide bonds. The van der Waals surface area contributed by atoms with E-state index in [2.05, 4.69) is 10.6 Å². The smallest absolute Gasteiger partial charge is 0.319 e. The third-order valence-corrected chi connectivity index (χ3v) is 2.94. The number of anilines is 1. The molecule has 0 aliphatic rings. The van der Waals surface area contributed by atoms with E-state index in [-0.39, 0.29) is 6.03 Å². The zero-order valence-electron chi connectivity index (χ0n) is 12.0. The predicted octanol–water partition coefficient (Wildman–Crippen LogP) is 2.66. The molecule has 6 nitrogen and oxygen atoms in total. The minimum atomic E-state index is -0.290. The van der Waals surface area contributed by atoms with Gasteiger partial charge in [-0.2, -0.15) is 0 Å². The molecule has 1 aromatic carbocycles. The van der Waals surface area contributed by atoms with Gasteiger partial charge in [-0.15, -0.1) is 0 Å². The van der Waals surface area contributed by atoms with Crippen LogP contribution in [0.15, 0.2) is 41.2 Å². The van der Waals surface area contributed by atoms with Gasteiger partial charge in [-0.3, -0.25) is 0 Å². The number of carbonyl (C=O) groups excluding carboxylic acids is 1. The SMILES string of the molecule is COc1ccc(NC(=O)NCCc2ccoc2)c(OC)c1. The van der Waals surface area contributed by atoms with E-state index >= 15 is 0 Å². The molecule has 0 unspecified atom stereocenters. The molecular weight excluding hydrogens is 272 g/mol. The maximum absolute atomic E-state index is 11.8. The standard InChI is InChI=1S/C15H18N2O4/c1-19-12-3-4-13(14(9-12)20-2)17-15(18)16-7-5-11-6-8-21-10-11/h3-4,6,8-10H,5,7H2,1-2H3,(H2,16,17,18). The third kappa shape index (κ3) is 4.17. The molecule has 1 aromatic heterocycles. The fourth-order valence-electron chi connectivity index (χ4n) is 1.82. The van der Waals surface area contributed by atoms with E-state index in [1.165, 1.54) is 7.11 Å².